The molecule has 2 N–H and O–H groups in total. The van der Waals surface area contributed by atoms with E-state index in [0.29, 0.717) is 24.7 Å². The van der Waals surface area contributed by atoms with Crippen LogP contribution >= 0.6 is 0 Å². The van der Waals surface area contributed by atoms with Gasteiger partial charge in [-0.1, -0.05) is 6.07 Å². The SMILES string of the molecule is CCN(CCO)C(=O)Nc1cccc(-c2nc(C)c(C)o2)c1. The van der Waals surface area contributed by atoms with Crippen LogP contribution in [0, 0.1) is 13.8 Å². The van der Waals surface area contributed by atoms with Crippen LogP contribution in [0.1, 0.15) is 18.4 Å². The standard InChI is InChI=1S/C16H21N3O3/c1-4-19(8-9-20)16(21)18-14-7-5-6-13(10-14)15-17-11(2)12(3)22-15/h5-7,10,20H,4,8-9H2,1-3H3,(H,18,21). The van der Waals surface area contributed by atoms with Crippen LogP contribution in [0.2, 0.25) is 0 Å². The number of nitrogens with one attached hydrogen (secondary N) is 1. The zero-order chi connectivity index (χ0) is 16.1. The van der Waals surface area contributed by atoms with Crippen LogP contribution in [-0.2, 0) is 0 Å². The van der Waals surface area contributed by atoms with Gasteiger partial charge in [-0.3, -0.25) is 0 Å². The van der Waals surface area contributed by atoms with Gasteiger partial charge in [-0.2, -0.15) is 0 Å². The van der Waals surface area contributed by atoms with Crippen LogP contribution in [0.3, 0.4) is 0 Å². The molecule has 1 aromatic carbocycles. The molecule has 2 aromatic rings. The molecule has 0 saturated carbocycles. The Morgan fingerprint density at radius 1 is 1.41 bits per heavy atom. The highest BCUT2D eigenvalue weighted by Crippen LogP contribution is 2.24. The van der Waals surface area contributed by atoms with Gasteiger partial charge < -0.3 is 19.7 Å². The Bertz CT molecular complexity index is 632. The number of hydrogen-bond donors (Lipinski definition) is 2. The molecule has 0 atom stereocenters. The topological polar surface area (TPSA) is 78.6 Å². The molecule has 0 radical (unpaired) electrons. The maximum absolute atomic E-state index is 12.1. The van der Waals surface area contributed by atoms with E-state index in [0.717, 1.165) is 17.0 Å². The quantitative estimate of drug-likeness (QED) is 0.890. The van der Waals surface area contributed by atoms with Gasteiger partial charge in [0.1, 0.15) is 5.76 Å². The second kappa shape index (κ2) is 7.09. The molecule has 118 valence electrons. The fraction of sp³-hybridized carbons (Fsp3) is 0.375. The summed E-state index contributed by atoms with van der Waals surface area (Å²) < 4.78 is 5.60. The maximum atomic E-state index is 12.1. The van der Waals surface area contributed by atoms with Crippen molar-refractivity contribution in [2.75, 3.05) is 25.0 Å². The number of nitrogens with zero attached hydrogens (tertiary/aromatic N) is 2. The summed E-state index contributed by atoms with van der Waals surface area (Å²) in [6.45, 7) is 6.40. The molecule has 0 aliphatic carbocycles. The fourth-order valence-electron chi connectivity index (χ4n) is 2.05. The summed E-state index contributed by atoms with van der Waals surface area (Å²) in [5, 5.41) is 11.8. The second-order valence-corrected chi connectivity index (χ2v) is 4.97. The first-order valence-corrected chi connectivity index (χ1v) is 7.26. The third kappa shape index (κ3) is 3.65. The number of amides is 2. The summed E-state index contributed by atoms with van der Waals surface area (Å²) >= 11 is 0. The Morgan fingerprint density at radius 3 is 2.77 bits per heavy atom. The van der Waals surface area contributed by atoms with Crippen molar-refractivity contribution < 1.29 is 14.3 Å². The van der Waals surface area contributed by atoms with E-state index in [9.17, 15) is 4.79 Å². The number of anilines is 1. The first kappa shape index (κ1) is 16.0. The number of aryl methyl sites for hydroxylation is 2. The van der Waals surface area contributed by atoms with E-state index in [1.165, 1.54) is 4.90 Å². The number of carbonyl (C=O) groups is 1. The van der Waals surface area contributed by atoms with Crippen molar-refractivity contribution in [1.82, 2.24) is 9.88 Å². The molecule has 2 rings (SSSR count). The van der Waals surface area contributed by atoms with Crippen LogP contribution < -0.4 is 5.32 Å². The minimum Gasteiger partial charge on any atom is -0.441 e. The van der Waals surface area contributed by atoms with E-state index in [2.05, 4.69) is 10.3 Å². The predicted octanol–water partition coefficient (Wildman–Crippen LogP) is 2.80. The largest absolute Gasteiger partial charge is 0.441 e. The van der Waals surface area contributed by atoms with Gasteiger partial charge in [0.15, 0.2) is 0 Å². The van der Waals surface area contributed by atoms with Gasteiger partial charge in [0, 0.05) is 24.3 Å². The highest BCUT2D eigenvalue weighted by molar-refractivity contribution is 5.90. The molecule has 0 unspecified atom stereocenters. The second-order valence-electron chi connectivity index (χ2n) is 4.97. The number of oxazole rings is 1. The third-order valence-corrected chi connectivity index (χ3v) is 3.43. The molecule has 1 aromatic heterocycles. The van der Waals surface area contributed by atoms with Crippen molar-refractivity contribution in [3.05, 3.63) is 35.7 Å². The number of aromatic nitrogens is 1. The molecular formula is C16H21N3O3. The fourth-order valence-corrected chi connectivity index (χ4v) is 2.05. The lowest BCUT2D eigenvalue weighted by molar-refractivity contribution is 0.192. The van der Waals surface area contributed by atoms with Crippen molar-refractivity contribution in [2.45, 2.75) is 20.8 Å². The van der Waals surface area contributed by atoms with Crippen molar-refractivity contribution in [3.8, 4) is 11.5 Å². The van der Waals surface area contributed by atoms with Crippen LogP contribution in [0.25, 0.3) is 11.5 Å². The molecule has 0 aliphatic heterocycles. The lowest BCUT2D eigenvalue weighted by atomic mass is 10.2. The average molecular weight is 303 g/mol. The smallest absolute Gasteiger partial charge is 0.321 e. The van der Waals surface area contributed by atoms with Crippen molar-refractivity contribution >= 4 is 11.7 Å². The van der Waals surface area contributed by atoms with Gasteiger partial charge in [0.2, 0.25) is 5.89 Å². The van der Waals surface area contributed by atoms with Gasteiger partial charge >= 0.3 is 6.03 Å². The van der Waals surface area contributed by atoms with Gasteiger partial charge in [0.05, 0.1) is 12.3 Å². The molecule has 22 heavy (non-hydrogen) atoms. The van der Waals surface area contributed by atoms with Crippen LogP contribution in [0.15, 0.2) is 28.7 Å². The minimum absolute atomic E-state index is 0.0594. The highest BCUT2D eigenvalue weighted by atomic mass is 16.4. The first-order chi connectivity index (χ1) is 10.5. The number of carbonyl (C=O) groups excluding carboxylic acids is 1. The molecule has 6 heteroatoms. The van der Waals surface area contributed by atoms with Crippen LogP contribution in [0.5, 0.6) is 0 Å². The van der Waals surface area contributed by atoms with E-state index in [4.69, 9.17) is 9.52 Å². The molecule has 0 bridgehead atoms. The molecule has 0 aliphatic rings. The lowest BCUT2D eigenvalue weighted by Gasteiger charge is -2.20. The van der Waals surface area contributed by atoms with E-state index >= 15 is 0 Å². The number of benzene rings is 1. The average Bonchev–Trinajstić information content (AvgIpc) is 2.84. The normalized spacial score (nSPS) is 10.5. The van der Waals surface area contributed by atoms with E-state index in [1.54, 1.807) is 6.07 Å². The molecule has 6 nitrogen and oxygen atoms in total. The number of likely N-dealkylation sites (N-methyl/N-ethyl adjacent to an activating group) is 1. The van der Waals surface area contributed by atoms with E-state index in [-0.39, 0.29) is 12.6 Å². The van der Waals surface area contributed by atoms with Gasteiger partial charge in [-0.05, 0) is 39.0 Å². The monoisotopic (exact) mass is 303 g/mol. The Morgan fingerprint density at radius 2 is 2.18 bits per heavy atom. The Kier molecular flexibility index (Phi) is 5.16. The van der Waals surface area contributed by atoms with Crippen molar-refractivity contribution in [2.24, 2.45) is 0 Å². The number of aliphatic hydroxyl groups is 1. The molecule has 1 heterocycles. The summed E-state index contributed by atoms with van der Waals surface area (Å²) in [6, 6.07) is 7.09. The van der Waals surface area contributed by atoms with Gasteiger partial charge in [-0.25, -0.2) is 9.78 Å². The van der Waals surface area contributed by atoms with Crippen molar-refractivity contribution in [3.63, 3.8) is 0 Å². The molecule has 0 saturated heterocycles. The molecule has 0 spiro atoms. The molecule has 0 fully saturated rings. The number of aliphatic hydroxyl groups excluding tert-OH is 1. The van der Waals surface area contributed by atoms with Crippen LogP contribution in [0.4, 0.5) is 10.5 Å². The molecule has 2 amide bonds. The summed E-state index contributed by atoms with van der Waals surface area (Å²) in [7, 11) is 0. The highest BCUT2D eigenvalue weighted by Gasteiger charge is 2.12. The number of urea groups is 1. The third-order valence-electron chi connectivity index (χ3n) is 3.43. The van der Waals surface area contributed by atoms with E-state index in [1.807, 2.05) is 39.0 Å². The first-order valence-electron chi connectivity index (χ1n) is 7.26. The minimum atomic E-state index is -0.242. The lowest BCUT2D eigenvalue weighted by Crippen LogP contribution is -2.36. The Balaban J connectivity index is 2.16. The zero-order valence-corrected chi connectivity index (χ0v) is 13.1. The maximum Gasteiger partial charge on any atom is 0.321 e. The van der Waals surface area contributed by atoms with E-state index < -0.39 is 0 Å². The summed E-state index contributed by atoms with van der Waals surface area (Å²) in [5.41, 5.74) is 2.32. The van der Waals surface area contributed by atoms with Crippen molar-refractivity contribution in [1.29, 1.82) is 0 Å². The molecular weight excluding hydrogens is 282 g/mol. The Labute approximate surface area is 129 Å². The predicted molar refractivity (Wildman–Crippen MR) is 84.8 cm³/mol. The number of rotatable bonds is 5. The zero-order valence-electron chi connectivity index (χ0n) is 13.1. The summed E-state index contributed by atoms with van der Waals surface area (Å²) in [5.74, 6) is 1.32. The number of hydrogen-bond acceptors (Lipinski definition) is 4. The summed E-state index contributed by atoms with van der Waals surface area (Å²) in [6.07, 6.45) is 0. The van der Waals surface area contributed by atoms with Crippen LogP contribution in [-0.4, -0.2) is 40.7 Å². The Hall–Kier alpha value is -2.34. The van der Waals surface area contributed by atoms with Gasteiger partial charge in [-0.15, -0.1) is 0 Å². The summed E-state index contributed by atoms with van der Waals surface area (Å²) in [4.78, 5) is 18.0. The van der Waals surface area contributed by atoms with Gasteiger partial charge in [0.25, 0.3) is 0 Å².